The predicted molar refractivity (Wildman–Crippen MR) is 78.5 cm³/mol. The minimum absolute atomic E-state index is 0.0256. The van der Waals surface area contributed by atoms with E-state index in [2.05, 4.69) is 5.32 Å². The molecule has 0 aliphatic carbocycles. The van der Waals surface area contributed by atoms with Crippen LogP contribution in [-0.2, 0) is 19.1 Å². The number of nitrogens with zero attached hydrogens (tertiary/aromatic N) is 1. The molecular formula is C14H18N2O6. The molecule has 8 heteroatoms. The number of carbonyl (C=O) groups excluding carboxylic acids is 2. The highest BCUT2D eigenvalue weighted by atomic mass is 16.6. The summed E-state index contributed by atoms with van der Waals surface area (Å²) >= 11 is 0. The van der Waals surface area contributed by atoms with Crippen LogP contribution in [-0.4, -0.2) is 37.1 Å². The highest BCUT2D eigenvalue weighted by Gasteiger charge is 2.12. The van der Waals surface area contributed by atoms with Crippen LogP contribution >= 0.6 is 0 Å². The molecule has 22 heavy (non-hydrogen) atoms. The van der Waals surface area contributed by atoms with Crippen LogP contribution in [0, 0.1) is 17.0 Å². The molecule has 0 aliphatic heterocycles. The van der Waals surface area contributed by atoms with E-state index < -0.39 is 10.9 Å². The molecule has 0 unspecified atom stereocenters. The Morgan fingerprint density at radius 3 is 2.59 bits per heavy atom. The molecule has 1 aromatic rings. The van der Waals surface area contributed by atoms with Gasteiger partial charge in [0.2, 0.25) is 5.91 Å². The van der Waals surface area contributed by atoms with Crippen molar-refractivity contribution in [1.29, 1.82) is 0 Å². The molecule has 0 atom stereocenters. The Balaban J connectivity index is 2.45. The van der Waals surface area contributed by atoms with Crippen molar-refractivity contribution in [1.82, 2.24) is 0 Å². The number of nitro benzene ring substituents is 1. The first-order valence-corrected chi connectivity index (χ1v) is 6.63. The zero-order chi connectivity index (χ0) is 16.5. The van der Waals surface area contributed by atoms with Crippen LogP contribution in [0.4, 0.5) is 11.4 Å². The lowest BCUT2D eigenvalue weighted by Crippen LogP contribution is -2.16. The first kappa shape index (κ1) is 17.6. The van der Waals surface area contributed by atoms with Crippen molar-refractivity contribution in [3.63, 3.8) is 0 Å². The van der Waals surface area contributed by atoms with E-state index in [1.807, 2.05) is 0 Å². The maximum Gasteiger partial charge on any atom is 0.306 e. The fourth-order valence-corrected chi connectivity index (χ4v) is 1.64. The first-order chi connectivity index (χ1) is 10.4. The Kier molecular flexibility index (Phi) is 6.97. The van der Waals surface area contributed by atoms with Gasteiger partial charge in [0.15, 0.2) is 0 Å². The average molecular weight is 310 g/mol. The van der Waals surface area contributed by atoms with Gasteiger partial charge in [0.05, 0.1) is 18.0 Å². The average Bonchev–Trinajstić information content (AvgIpc) is 2.47. The van der Waals surface area contributed by atoms with Gasteiger partial charge in [0.1, 0.15) is 6.61 Å². The molecule has 1 N–H and O–H groups in total. The summed E-state index contributed by atoms with van der Waals surface area (Å²) in [5.41, 5.74) is 1.01. The van der Waals surface area contributed by atoms with Crippen LogP contribution in [0.5, 0.6) is 0 Å². The number of esters is 1. The van der Waals surface area contributed by atoms with Crippen molar-refractivity contribution in [3.05, 3.63) is 33.9 Å². The molecule has 0 bridgehead atoms. The van der Waals surface area contributed by atoms with Crippen LogP contribution in [0.15, 0.2) is 18.2 Å². The van der Waals surface area contributed by atoms with E-state index in [-0.39, 0.29) is 31.0 Å². The number of rotatable bonds is 8. The number of non-ortho nitro benzene ring substituents is 1. The number of hydrogen-bond acceptors (Lipinski definition) is 6. The van der Waals surface area contributed by atoms with Crippen molar-refractivity contribution < 1.29 is 24.0 Å². The molecule has 0 spiro atoms. The second-order valence-corrected chi connectivity index (χ2v) is 4.52. The van der Waals surface area contributed by atoms with Crippen molar-refractivity contribution in [2.45, 2.75) is 19.8 Å². The minimum Gasteiger partial charge on any atom is -0.463 e. The third kappa shape index (κ3) is 5.88. The zero-order valence-electron chi connectivity index (χ0n) is 12.5. The third-order valence-electron chi connectivity index (χ3n) is 2.80. The molecule has 120 valence electrons. The van der Waals surface area contributed by atoms with Crippen molar-refractivity contribution in [3.8, 4) is 0 Å². The van der Waals surface area contributed by atoms with Gasteiger partial charge in [-0.05, 0) is 18.6 Å². The molecule has 1 aromatic carbocycles. The number of hydrogen-bond donors (Lipinski definition) is 1. The SMILES string of the molecule is COCCOC(=O)CCC(=O)Nc1ccc([N+](=O)[O-])cc1C. The number of nitro groups is 1. The standard InChI is InChI=1S/C14H18N2O6/c1-10-9-11(16(19)20)3-4-12(10)15-13(17)5-6-14(18)22-8-7-21-2/h3-4,9H,5-8H2,1-2H3,(H,15,17). The van der Waals surface area contributed by atoms with E-state index in [0.717, 1.165) is 0 Å². The second kappa shape index (κ2) is 8.73. The first-order valence-electron chi connectivity index (χ1n) is 6.63. The van der Waals surface area contributed by atoms with Gasteiger partial charge in [-0.25, -0.2) is 0 Å². The van der Waals surface area contributed by atoms with Gasteiger partial charge >= 0.3 is 5.97 Å². The molecule has 0 aliphatic rings. The Morgan fingerprint density at radius 1 is 1.27 bits per heavy atom. The molecule has 0 saturated heterocycles. The van der Waals surface area contributed by atoms with Gasteiger partial charge in [-0.15, -0.1) is 0 Å². The lowest BCUT2D eigenvalue weighted by atomic mass is 10.1. The van der Waals surface area contributed by atoms with Crippen LogP contribution in [0.25, 0.3) is 0 Å². The molecule has 1 amide bonds. The zero-order valence-corrected chi connectivity index (χ0v) is 12.5. The van der Waals surface area contributed by atoms with E-state index in [1.54, 1.807) is 6.92 Å². The van der Waals surface area contributed by atoms with Crippen molar-refractivity contribution >= 4 is 23.3 Å². The number of methoxy groups -OCH3 is 1. The number of anilines is 1. The normalized spacial score (nSPS) is 10.1. The van der Waals surface area contributed by atoms with Crippen LogP contribution in [0.1, 0.15) is 18.4 Å². The highest BCUT2D eigenvalue weighted by Crippen LogP contribution is 2.21. The maximum absolute atomic E-state index is 11.7. The van der Waals surface area contributed by atoms with Gasteiger partial charge in [0.25, 0.3) is 5.69 Å². The highest BCUT2D eigenvalue weighted by molar-refractivity contribution is 5.93. The monoisotopic (exact) mass is 310 g/mol. The Bertz CT molecular complexity index is 558. The van der Waals surface area contributed by atoms with Crippen LogP contribution < -0.4 is 5.32 Å². The summed E-state index contributed by atoms with van der Waals surface area (Å²) in [5.74, 6) is -0.840. The summed E-state index contributed by atoms with van der Waals surface area (Å²) in [6, 6.07) is 4.14. The number of carbonyl (C=O) groups is 2. The second-order valence-electron chi connectivity index (χ2n) is 4.52. The molecule has 0 fully saturated rings. The van der Waals surface area contributed by atoms with Crippen molar-refractivity contribution in [2.75, 3.05) is 25.6 Å². The number of amides is 1. The summed E-state index contributed by atoms with van der Waals surface area (Å²) < 4.78 is 9.56. The Morgan fingerprint density at radius 2 is 2.00 bits per heavy atom. The van der Waals surface area contributed by atoms with E-state index >= 15 is 0 Å². The summed E-state index contributed by atoms with van der Waals surface area (Å²) in [5, 5.41) is 13.2. The summed E-state index contributed by atoms with van der Waals surface area (Å²) in [6.07, 6.45) is -0.0657. The van der Waals surface area contributed by atoms with Gasteiger partial charge in [-0.3, -0.25) is 19.7 Å². The Hall–Kier alpha value is -2.48. The molecular weight excluding hydrogens is 292 g/mol. The topological polar surface area (TPSA) is 108 Å². The minimum atomic E-state index is -0.505. The maximum atomic E-state index is 11.7. The molecule has 0 heterocycles. The molecule has 0 radical (unpaired) electrons. The quantitative estimate of drug-likeness (QED) is 0.339. The number of benzene rings is 1. The largest absolute Gasteiger partial charge is 0.463 e. The predicted octanol–water partition coefficient (Wildman–Crippen LogP) is 1.81. The van der Waals surface area contributed by atoms with Gasteiger partial charge < -0.3 is 14.8 Å². The number of aryl methyl sites for hydroxylation is 1. The molecule has 0 saturated carbocycles. The smallest absolute Gasteiger partial charge is 0.306 e. The lowest BCUT2D eigenvalue weighted by Gasteiger charge is -2.08. The summed E-state index contributed by atoms with van der Waals surface area (Å²) in [4.78, 5) is 33.2. The molecule has 8 nitrogen and oxygen atoms in total. The number of nitrogens with one attached hydrogen (secondary N) is 1. The molecule has 1 rings (SSSR count). The van der Waals surface area contributed by atoms with Gasteiger partial charge in [-0.1, -0.05) is 0 Å². The lowest BCUT2D eigenvalue weighted by molar-refractivity contribution is -0.384. The fourth-order valence-electron chi connectivity index (χ4n) is 1.64. The van der Waals surface area contributed by atoms with Crippen molar-refractivity contribution in [2.24, 2.45) is 0 Å². The summed E-state index contributed by atoms with van der Waals surface area (Å²) in [6.45, 7) is 2.11. The van der Waals surface area contributed by atoms with E-state index in [1.165, 1.54) is 25.3 Å². The molecule has 0 aromatic heterocycles. The Labute approximate surface area is 127 Å². The van der Waals surface area contributed by atoms with E-state index in [0.29, 0.717) is 17.9 Å². The number of ether oxygens (including phenoxy) is 2. The van der Waals surface area contributed by atoms with Crippen LogP contribution in [0.3, 0.4) is 0 Å². The van der Waals surface area contributed by atoms with Gasteiger partial charge in [0, 0.05) is 31.4 Å². The summed E-state index contributed by atoms with van der Waals surface area (Å²) in [7, 11) is 1.49. The van der Waals surface area contributed by atoms with Gasteiger partial charge in [-0.2, -0.15) is 0 Å². The van der Waals surface area contributed by atoms with Crippen LogP contribution in [0.2, 0.25) is 0 Å². The third-order valence-corrected chi connectivity index (χ3v) is 2.80. The fraction of sp³-hybridized carbons (Fsp3) is 0.429. The van der Waals surface area contributed by atoms with E-state index in [9.17, 15) is 19.7 Å². The van der Waals surface area contributed by atoms with E-state index in [4.69, 9.17) is 9.47 Å².